The Labute approximate surface area is 131 Å². The molecule has 0 radical (unpaired) electrons. The van der Waals surface area contributed by atoms with Crippen LogP contribution in [0.15, 0.2) is 18.2 Å². The molecule has 2 rings (SSSR count). The molecule has 0 aliphatic carbocycles. The van der Waals surface area contributed by atoms with Crippen LogP contribution < -0.4 is 10.1 Å². The summed E-state index contributed by atoms with van der Waals surface area (Å²) in [6, 6.07) is 6.26. The van der Waals surface area contributed by atoms with Crippen LogP contribution in [0.2, 0.25) is 0 Å². The maximum atomic E-state index is 5.49. The Kier molecular flexibility index (Phi) is 5.37. The molecule has 0 saturated carbocycles. The van der Waals surface area contributed by atoms with E-state index in [-0.39, 0.29) is 0 Å². The van der Waals surface area contributed by atoms with Gasteiger partial charge in [-0.1, -0.05) is 19.9 Å². The van der Waals surface area contributed by atoms with Gasteiger partial charge in [0.1, 0.15) is 10.8 Å². The topological polar surface area (TPSA) is 34.1 Å². The Balaban J connectivity index is 2.22. The second kappa shape index (κ2) is 7.05. The molecule has 1 N–H and O–H groups in total. The van der Waals surface area contributed by atoms with Crippen molar-refractivity contribution < 1.29 is 4.74 Å². The smallest absolute Gasteiger partial charge is 0.129 e. The Hall–Kier alpha value is -1.39. The lowest BCUT2D eigenvalue weighted by Crippen LogP contribution is -2.18. The molecule has 0 atom stereocenters. The first-order valence-electron chi connectivity index (χ1n) is 7.33. The predicted molar refractivity (Wildman–Crippen MR) is 90.1 cm³/mol. The van der Waals surface area contributed by atoms with Crippen LogP contribution in [-0.4, -0.2) is 18.6 Å². The maximum Gasteiger partial charge on any atom is 0.129 e. The van der Waals surface area contributed by atoms with E-state index in [2.05, 4.69) is 51.2 Å². The van der Waals surface area contributed by atoms with Gasteiger partial charge in [0, 0.05) is 11.4 Å². The van der Waals surface area contributed by atoms with E-state index in [0.29, 0.717) is 5.92 Å². The Morgan fingerprint density at radius 1 is 1.29 bits per heavy atom. The van der Waals surface area contributed by atoms with E-state index in [0.717, 1.165) is 35.1 Å². The average Bonchev–Trinajstić information content (AvgIpc) is 2.79. The van der Waals surface area contributed by atoms with Crippen LogP contribution in [-0.2, 0) is 6.54 Å². The largest absolute Gasteiger partial charge is 0.496 e. The number of thiazole rings is 1. The second-order valence-corrected chi connectivity index (χ2v) is 6.84. The highest BCUT2D eigenvalue weighted by Crippen LogP contribution is 2.34. The molecule has 114 valence electrons. The number of aryl methyl sites for hydroxylation is 2. The fraction of sp³-hybridized carbons (Fsp3) is 0.471. The monoisotopic (exact) mass is 304 g/mol. The van der Waals surface area contributed by atoms with Gasteiger partial charge in [-0.25, -0.2) is 4.98 Å². The second-order valence-electron chi connectivity index (χ2n) is 5.76. The van der Waals surface area contributed by atoms with Gasteiger partial charge in [-0.2, -0.15) is 0 Å². The van der Waals surface area contributed by atoms with Crippen molar-refractivity contribution in [3.63, 3.8) is 0 Å². The molecule has 0 amide bonds. The minimum atomic E-state index is 0.662. The van der Waals surface area contributed by atoms with Crippen LogP contribution in [0.4, 0.5) is 0 Å². The molecule has 0 unspecified atom stereocenters. The molecule has 4 heteroatoms. The third-order valence-electron chi connectivity index (χ3n) is 3.32. The van der Waals surface area contributed by atoms with Gasteiger partial charge >= 0.3 is 0 Å². The molecule has 21 heavy (non-hydrogen) atoms. The molecule has 2 aromatic rings. The number of methoxy groups -OCH3 is 1. The molecular formula is C17H24N2OS. The molecule has 3 nitrogen and oxygen atoms in total. The Morgan fingerprint density at radius 3 is 2.71 bits per heavy atom. The van der Waals surface area contributed by atoms with Gasteiger partial charge in [-0.15, -0.1) is 11.3 Å². The molecule has 0 aliphatic rings. The highest BCUT2D eigenvalue weighted by molar-refractivity contribution is 7.15. The number of benzene rings is 1. The van der Waals surface area contributed by atoms with E-state index in [9.17, 15) is 0 Å². The van der Waals surface area contributed by atoms with E-state index in [4.69, 9.17) is 9.72 Å². The van der Waals surface area contributed by atoms with Crippen molar-refractivity contribution in [1.29, 1.82) is 0 Å². The summed E-state index contributed by atoms with van der Waals surface area (Å²) in [6.07, 6.45) is 0. The van der Waals surface area contributed by atoms with E-state index >= 15 is 0 Å². The normalized spacial score (nSPS) is 11.1. The van der Waals surface area contributed by atoms with E-state index < -0.39 is 0 Å². The van der Waals surface area contributed by atoms with Gasteiger partial charge in [0.2, 0.25) is 0 Å². The summed E-state index contributed by atoms with van der Waals surface area (Å²) >= 11 is 1.75. The van der Waals surface area contributed by atoms with Crippen molar-refractivity contribution in [3.05, 3.63) is 34.3 Å². The fourth-order valence-corrected chi connectivity index (χ4v) is 3.22. The van der Waals surface area contributed by atoms with Crippen LogP contribution >= 0.6 is 11.3 Å². The number of aromatic nitrogens is 1. The van der Waals surface area contributed by atoms with Crippen LogP contribution in [0.5, 0.6) is 5.75 Å². The molecule has 1 aromatic heterocycles. The average molecular weight is 304 g/mol. The van der Waals surface area contributed by atoms with Gasteiger partial charge in [-0.05, 0) is 44.0 Å². The molecule has 0 fully saturated rings. The van der Waals surface area contributed by atoms with Crippen molar-refractivity contribution in [2.24, 2.45) is 5.92 Å². The van der Waals surface area contributed by atoms with Gasteiger partial charge in [0.25, 0.3) is 0 Å². The number of nitrogens with zero attached hydrogens (tertiary/aromatic N) is 1. The summed E-state index contributed by atoms with van der Waals surface area (Å²) in [5, 5.41) is 4.52. The summed E-state index contributed by atoms with van der Waals surface area (Å²) in [5.41, 5.74) is 3.38. The van der Waals surface area contributed by atoms with Crippen molar-refractivity contribution in [3.8, 4) is 16.3 Å². The summed E-state index contributed by atoms with van der Waals surface area (Å²) in [4.78, 5) is 6.01. The maximum absolute atomic E-state index is 5.49. The highest BCUT2D eigenvalue weighted by atomic mass is 32.1. The lowest BCUT2D eigenvalue weighted by Gasteiger charge is -2.07. The number of nitrogens with one attached hydrogen (secondary N) is 1. The summed E-state index contributed by atoms with van der Waals surface area (Å²) in [5.74, 6) is 1.56. The zero-order chi connectivity index (χ0) is 15.4. The first kappa shape index (κ1) is 16.0. The predicted octanol–water partition coefficient (Wildman–Crippen LogP) is 4.18. The Morgan fingerprint density at radius 2 is 2.05 bits per heavy atom. The zero-order valence-electron chi connectivity index (χ0n) is 13.5. The third kappa shape index (κ3) is 4.05. The number of ether oxygens (including phenoxy) is 1. The number of rotatable bonds is 6. The first-order valence-corrected chi connectivity index (χ1v) is 8.15. The van der Waals surface area contributed by atoms with Crippen molar-refractivity contribution in [1.82, 2.24) is 10.3 Å². The molecule has 1 heterocycles. The first-order chi connectivity index (χ1) is 10.0. The van der Waals surface area contributed by atoms with E-state index in [1.165, 1.54) is 10.4 Å². The van der Waals surface area contributed by atoms with Crippen LogP contribution in [0.1, 0.15) is 30.0 Å². The highest BCUT2D eigenvalue weighted by Gasteiger charge is 2.13. The quantitative estimate of drug-likeness (QED) is 0.869. The van der Waals surface area contributed by atoms with Crippen molar-refractivity contribution >= 4 is 11.3 Å². The molecule has 1 aromatic carbocycles. The minimum Gasteiger partial charge on any atom is -0.496 e. The molecule has 0 bridgehead atoms. The van der Waals surface area contributed by atoms with Crippen LogP contribution in [0.3, 0.4) is 0 Å². The standard InChI is InChI=1S/C17H24N2OS/c1-11(2)9-18-10-16-13(4)19-17(21-16)14-7-6-12(3)8-15(14)20-5/h6-8,11,18H,9-10H2,1-5H3. The lowest BCUT2D eigenvalue weighted by atomic mass is 10.1. The minimum absolute atomic E-state index is 0.662. The summed E-state index contributed by atoms with van der Waals surface area (Å²) in [7, 11) is 1.71. The number of hydrogen-bond acceptors (Lipinski definition) is 4. The van der Waals surface area contributed by atoms with Gasteiger partial charge in [0.15, 0.2) is 0 Å². The fourth-order valence-electron chi connectivity index (χ4n) is 2.16. The van der Waals surface area contributed by atoms with E-state index in [1.54, 1.807) is 18.4 Å². The molecular weight excluding hydrogens is 280 g/mol. The number of hydrogen-bond donors (Lipinski definition) is 1. The van der Waals surface area contributed by atoms with E-state index in [1.807, 2.05) is 0 Å². The zero-order valence-corrected chi connectivity index (χ0v) is 14.3. The van der Waals surface area contributed by atoms with Crippen LogP contribution in [0.25, 0.3) is 10.6 Å². The molecule has 0 saturated heterocycles. The molecule has 0 spiro atoms. The van der Waals surface area contributed by atoms with Gasteiger partial charge in [-0.3, -0.25) is 0 Å². The van der Waals surface area contributed by atoms with Crippen molar-refractivity contribution in [2.75, 3.05) is 13.7 Å². The van der Waals surface area contributed by atoms with Crippen LogP contribution in [0, 0.1) is 19.8 Å². The summed E-state index contributed by atoms with van der Waals surface area (Å²) < 4.78 is 5.49. The Bertz CT molecular complexity index is 605. The third-order valence-corrected chi connectivity index (χ3v) is 4.51. The molecule has 0 aliphatic heterocycles. The summed E-state index contributed by atoms with van der Waals surface area (Å²) in [6.45, 7) is 10.5. The van der Waals surface area contributed by atoms with Gasteiger partial charge in [0.05, 0.1) is 18.4 Å². The lowest BCUT2D eigenvalue weighted by molar-refractivity contribution is 0.416. The van der Waals surface area contributed by atoms with Crippen molar-refractivity contribution in [2.45, 2.75) is 34.2 Å². The van der Waals surface area contributed by atoms with Gasteiger partial charge < -0.3 is 10.1 Å². The SMILES string of the molecule is COc1cc(C)ccc1-c1nc(C)c(CNCC(C)C)s1.